The third-order valence-corrected chi connectivity index (χ3v) is 3.38. The maximum atomic E-state index is 10.2. The Labute approximate surface area is 73.5 Å². The first kappa shape index (κ1) is 8.48. The molecule has 1 heterocycles. The quantitative estimate of drug-likeness (QED) is 0.506. The van der Waals surface area contributed by atoms with E-state index in [0.717, 1.165) is 26.1 Å². The molecule has 1 aliphatic carbocycles. The van der Waals surface area contributed by atoms with Gasteiger partial charge in [-0.1, -0.05) is 13.8 Å². The summed E-state index contributed by atoms with van der Waals surface area (Å²) < 4.78 is 0. The highest BCUT2D eigenvalue weighted by Gasteiger charge is 2.64. The van der Waals surface area contributed by atoms with E-state index < -0.39 is 5.60 Å². The van der Waals surface area contributed by atoms with Crippen molar-refractivity contribution in [1.82, 2.24) is 10.6 Å². The summed E-state index contributed by atoms with van der Waals surface area (Å²) in [6.07, 6.45) is 0.930. The molecule has 0 aromatic rings. The van der Waals surface area contributed by atoms with Crippen LogP contribution in [0.3, 0.4) is 0 Å². The maximum absolute atomic E-state index is 10.2. The summed E-state index contributed by atoms with van der Waals surface area (Å²) in [5, 5.41) is 16.8. The van der Waals surface area contributed by atoms with Crippen LogP contribution in [0.1, 0.15) is 20.3 Å². The minimum absolute atomic E-state index is 0.115. The van der Waals surface area contributed by atoms with E-state index in [-0.39, 0.29) is 11.5 Å². The summed E-state index contributed by atoms with van der Waals surface area (Å²) >= 11 is 0. The van der Waals surface area contributed by atoms with Gasteiger partial charge in [0.2, 0.25) is 0 Å². The Morgan fingerprint density at radius 2 is 2.00 bits per heavy atom. The first-order valence-electron chi connectivity index (χ1n) is 4.73. The molecule has 0 spiro atoms. The van der Waals surface area contributed by atoms with Crippen LogP contribution in [0.4, 0.5) is 0 Å². The van der Waals surface area contributed by atoms with Crippen LogP contribution >= 0.6 is 0 Å². The Morgan fingerprint density at radius 1 is 1.33 bits per heavy atom. The average Bonchev–Trinajstić information content (AvgIpc) is 2.55. The Kier molecular flexibility index (Phi) is 1.72. The van der Waals surface area contributed by atoms with E-state index in [9.17, 15) is 5.11 Å². The Balaban J connectivity index is 2.00. The summed E-state index contributed by atoms with van der Waals surface area (Å²) in [6, 6.07) is 0.251. The van der Waals surface area contributed by atoms with Crippen molar-refractivity contribution < 1.29 is 5.11 Å². The molecule has 3 heteroatoms. The van der Waals surface area contributed by atoms with Crippen LogP contribution < -0.4 is 10.6 Å². The molecule has 3 nitrogen and oxygen atoms in total. The van der Waals surface area contributed by atoms with Crippen molar-refractivity contribution in [1.29, 1.82) is 0 Å². The number of rotatable bonds is 1. The number of hydrogen-bond acceptors (Lipinski definition) is 3. The molecule has 3 N–H and O–H groups in total. The van der Waals surface area contributed by atoms with Gasteiger partial charge in [-0.05, 0) is 11.8 Å². The molecule has 1 saturated heterocycles. The SMILES string of the molecule is CC1(C)CC1(O)C1CNCCN1. The van der Waals surface area contributed by atoms with E-state index in [1.165, 1.54) is 0 Å². The van der Waals surface area contributed by atoms with E-state index in [1.807, 2.05) is 0 Å². The van der Waals surface area contributed by atoms with Gasteiger partial charge in [-0.15, -0.1) is 0 Å². The highest BCUT2D eigenvalue weighted by molar-refractivity contribution is 5.18. The van der Waals surface area contributed by atoms with Gasteiger partial charge >= 0.3 is 0 Å². The Bertz CT molecular complexity index is 187. The van der Waals surface area contributed by atoms with Crippen molar-refractivity contribution in [3.63, 3.8) is 0 Å². The number of nitrogens with one attached hydrogen (secondary N) is 2. The van der Waals surface area contributed by atoms with Gasteiger partial charge in [0.05, 0.1) is 5.60 Å². The van der Waals surface area contributed by atoms with E-state index in [2.05, 4.69) is 24.5 Å². The predicted octanol–water partition coefficient (Wildman–Crippen LogP) is -0.291. The molecule has 2 rings (SSSR count). The van der Waals surface area contributed by atoms with Crippen molar-refractivity contribution in [2.45, 2.75) is 31.9 Å². The fourth-order valence-electron chi connectivity index (χ4n) is 2.22. The smallest absolute Gasteiger partial charge is 0.0870 e. The number of aliphatic hydroxyl groups is 1. The summed E-state index contributed by atoms with van der Waals surface area (Å²) in [4.78, 5) is 0. The highest BCUT2D eigenvalue weighted by atomic mass is 16.3. The minimum Gasteiger partial charge on any atom is -0.388 e. The van der Waals surface area contributed by atoms with Crippen LogP contribution in [0.5, 0.6) is 0 Å². The first-order valence-corrected chi connectivity index (χ1v) is 4.73. The van der Waals surface area contributed by atoms with Gasteiger partial charge in [0.1, 0.15) is 0 Å². The van der Waals surface area contributed by atoms with Crippen LogP contribution in [0.25, 0.3) is 0 Å². The molecule has 70 valence electrons. The van der Waals surface area contributed by atoms with Gasteiger partial charge in [0.15, 0.2) is 0 Å². The monoisotopic (exact) mass is 170 g/mol. The molecule has 12 heavy (non-hydrogen) atoms. The van der Waals surface area contributed by atoms with E-state index in [1.54, 1.807) is 0 Å². The molecule has 0 aromatic carbocycles. The van der Waals surface area contributed by atoms with Crippen molar-refractivity contribution in [2.24, 2.45) is 5.41 Å². The largest absolute Gasteiger partial charge is 0.388 e. The van der Waals surface area contributed by atoms with Gasteiger partial charge < -0.3 is 15.7 Å². The summed E-state index contributed by atoms with van der Waals surface area (Å²) in [6.45, 7) is 7.16. The molecule has 0 radical (unpaired) electrons. The molecule has 1 aliphatic heterocycles. The number of piperazine rings is 1. The fraction of sp³-hybridized carbons (Fsp3) is 1.00. The predicted molar refractivity (Wildman–Crippen MR) is 48.0 cm³/mol. The van der Waals surface area contributed by atoms with Crippen LogP contribution in [0, 0.1) is 5.41 Å². The lowest BCUT2D eigenvalue weighted by molar-refractivity contribution is 0.0602. The van der Waals surface area contributed by atoms with Crippen LogP contribution in [-0.4, -0.2) is 36.4 Å². The van der Waals surface area contributed by atoms with E-state index >= 15 is 0 Å². The van der Waals surface area contributed by atoms with Crippen molar-refractivity contribution in [2.75, 3.05) is 19.6 Å². The fourth-order valence-corrected chi connectivity index (χ4v) is 2.22. The number of hydrogen-bond donors (Lipinski definition) is 3. The molecule has 1 saturated carbocycles. The minimum atomic E-state index is -0.458. The molecule has 0 aromatic heterocycles. The summed E-state index contributed by atoms with van der Waals surface area (Å²) in [7, 11) is 0. The van der Waals surface area contributed by atoms with Crippen LogP contribution in [0.2, 0.25) is 0 Å². The average molecular weight is 170 g/mol. The Hall–Kier alpha value is -0.120. The zero-order valence-electron chi connectivity index (χ0n) is 7.85. The van der Waals surface area contributed by atoms with Gasteiger partial charge in [-0.3, -0.25) is 0 Å². The zero-order chi connectivity index (χ0) is 8.82. The molecule has 2 unspecified atom stereocenters. The van der Waals surface area contributed by atoms with Crippen molar-refractivity contribution >= 4 is 0 Å². The zero-order valence-corrected chi connectivity index (χ0v) is 7.85. The van der Waals surface area contributed by atoms with E-state index in [0.29, 0.717) is 0 Å². The normalized spacial score (nSPS) is 45.8. The van der Waals surface area contributed by atoms with Crippen LogP contribution in [0.15, 0.2) is 0 Å². The van der Waals surface area contributed by atoms with Gasteiger partial charge in [0.25, 0.3) is 0 Å². The molecule has 2 atom stereocenters. The van der Waals surface area contributed by atoms with Gasteiger partial charge in [-0.25, -0.2) is 0 Å². The second-order valence-electron chi connectivity index (χ2n) is 4.70. The molecule has 2 aliphatic rings. The second kappa shape index (κ2) is 2.44. The molecular weight excluding hydrogens is 152 g/mol. The molecule has 0 bridgehead atoms. The summed E-state index contributed by atoms with van der Waals surface area (Å²) in [5.41, 5.74) is -0.343. The lowest BCUT2D eigenvalue weighted by atomic mass is 9.99. The lowest BCUT2D eigenvalue weighted by Gasteiger charge is -2.31. The molecular formula is C9H18N2O. The van der Waals surface area contributed by atoms with Crippen molar-refractivity contribution in [3.8, 4) is 0 Å². The molecule has 2 fully saturated rings. The van der Waals surface area contributed by atoms with Crippen molar-refractivity contribution in [3.05, 3.63) is 0 Å². The van der Waals surface area contributed by atoms with Gasteiger partial charge in [0, 0.05) is 25.7 Å². The first-order chi connectivity index (χ1) is 5.56. The molecule has 0 amide bonds. The highest BCUT2D eigenvalue weighted by Crippen LogP contribution is 2.57. The lowest BCUT2D eigenvalue weighted by Crippen LogP contribution is -2.56. The third kappa shape index (κ3) is 1.08. The van der Waals surface area contributed by atoms with E-state index in [4.69, 9.17) is 0 Å². The van der Waals surface area contributed by atoms with Gasteiger partial charge in [-0.2, -0.15) is 0 Å². The third-order valence-electron chi connectivity index (χ3n) is 3.38. The maximum Gasteiger partial charge on any atom is 0.0870 e. The second-order valence-corrected chi connectivity index (χ2v) is 4.70. The standard InChI is InChI=1S/C9H18N2O/c1-8(2)6-9(8,12)7-5-10-3-4-11-7/h7,10-12H,3-6H2,1-2H3. The topological polar surface area (TPSA) is 44.3 Å². The van der Waals surface area contributed by atoms with Crippen LogP contribution in [-0.2, 0) is 0 Å². The Morgan fingerprint density at radius 3 is 2.42 bits per heavy atom. The summed E-state index contributed by atoms with van der Waals surface area (Å²) in [5.74, 6) is 0.